The molecule has 216 valence electrons. The van der Waals surface area contributed by atoms with Crippen LogP contribution < -0.4 is 0 Å². The molecule has 0 aliphatic heterocycles. The number of furan rings is 1. The summed E-state index contributed by atoms with van der Waals surface area (Å²) in [4.78, 5) is 25.7. The predicted molar refractivity (Wildman–Crippen MR) is 172 cm³/mol. The average Bonchev–Trinajstić information content (AvgIpc) is 3.50. The lowest BCUT2D eigenvalue weighted by atomic mass is 10.0. The standard InChI is InChI=1S/C36H48O3S/c1-3-5-7-9-11-13-15-17-19-31(37)27-21-23-29-33(25-27)39-35-30-24-22-28(26-34(30)40-36(29)35)32(38)20-18-16-14-12-10-8-6-4-2/h21-26H,3-20H2,1-2H3. The van der Waals surface area contributed by atoms with Gasteiger partial charge in [-0.3, -0.25) is 9.59 Å². The number of hydrogen-bond acceptors (Lipinski definition) is 4. The monoisotopic (exact) mass is 560 g/mol. The van der Waals surface area contributed by atoms with Crippen LogP contribution in [0, 0.1) is 0 Å². The summed E-state index contributed by atoms with van der Waals surface area (Å²) in [6, 6.07) is 11.9. The maximum atomic E-state index is 12.8. The Hall–Kier alpha value is -2.46. The molecule has 0 N–H and O–H groups in total. The summed E-state index contributed by atoms with van der Waals surface area (Å²) < 4.78 is 8.47. The molecule has 4 rings (SSSR count). The number of unbranched alkanes of at least 4 members (excludes halogenated alkanes) is 14. The first-order valence-corrected chi connectivity index (χ1v) is 16.9. The number of carbonyl (C=O) groups excluding carboxylic acids is 2. The fourth-order valence-corrected chi connectivity index (χ4v) is 6.93. The molecule has 0 atom stereocenters. The molecule has 0 aliphatic carbocycles. The first-order chi connectivity index (χ1) is 19.6. The lowest BCUT2D eigenvalue weighted by molar-refractivity contribution is 0.0971. The number of Topliss-reactive ketones (excluding diaryl/α,β-unsaturated/α-hetero) is 2. The molecule has 2 heterocycles. The first-order valence-electron chi connectivity index (χ1n) is 16.1. The van der Waals surface area contributed by atoms with Gasteiger partial charge in [-0.15, -0.1) is 11.3 Å². The molecule has 0 amide bonds. The summed E-state index contributed by atoms with van der Waals surface area (Å²) in [5.74, 6) is 0.444. The molecule has 0 fully saturated rings. The molecule has 0 aliphatic rings. The van der Waals surface area contributed by atoms with E-state index >= 15 is 0 Å². The fourth-order valence-electron chi connectivity index (χ4n) is 5.73. The Kier molecular flexibility index (Phi) is 12.3. The summed E-state index contributed by atoms with van der Waals surface area (Å²) in [7, 11) is 0. The van der Waals surface area contributed by atoms with Gasteiger partial charge in [-0.25, -0.2) is 0 Å². The number of fused-ring (bicyclic) bond motifs is 5. The normalized spacial score (nSPS) is 11.8. The molecule has 0 saturated heterocycles. The van der Waals surface area contributed by atoms with Gasteiger partial charge in [-0.05, 0) is 37.1 Å². The van der Waals surface area contributed by atoms with Crippen molar-refractivity contribution >= 4 is 54.2 Å². The van der Waals surface area contributed by atoms with Crippen molar-refractivity contribution in [2.24, 2.45) is 0 Å². The van der Waals surface area contributed by atoms with Crippen LogP contribution in [0.2, 0.25) is 0 Å². The SMILES string of the molecule is CCCCCCCCCCC(=O)c1ccc2c(c1)oc1c3ccc(C(=O)CCCCCCCCCC)cc3sc21. The molecular formula is C36H48O3S. The van der Waals surface area contributed by atoms with E-state index in [1.54, 1.807) is 11.3 Å². The van der Waals surface area contributed by atoms with Crippen molar-refractivity contribution in [3.63, 3.8) is 0 Å². The van der Waals surface area contributed by atoms with Crippen LogP contribution in [0.5, 0.6) is 0 Å². The Morgan fingerprint density at radius 3 is 1.62 bits per heavy atom. The predicted octanol–water partition coefficient (Wildman–Crippen LogP) is 12.2. The van der Waals surface area contributed by atoms with E-state index in [1.165, 1.54) is 77.0 Å². The van der Waals surface area contributed by atoms with Crippen LogP contribution in [0.3, 0.4) is 0 Å². The van der Waals surface area contributed by atoms with E-state index in [-0.39, 0.29) is 11.6 Å². The van der Waals surface area contributed by atoms with Gasteiger partial charge in [-0.1, -0.05) is 116 Å². The van der Waals surface area contributed by atoms with Crippen molar-refractivity contribution in [3.8, 4) is 0 Å². The molecule has 2 aromatic carbocycles. The van der Waals surface area contributed by atoms with E-state index in [0.717, 1.165) is 68.1 Å². The Balaban J connectivity index is 1.31. The van der Waals surface area contributed by atoms with Crippen LogP contribution in [0.25, 0.3) is 31.3 Å². The van der Waals surface area contributed by atoms with Gasteiger partial charge < -0.3 is 4.42 Å². The molecule has 4 aromatic rings. The van der Waals surface area contributed by atoms with Gasteiger partial charge in [0, 0.05) is 39.4 Å². The minimum Gasteiger partial charge on any atom is -0.454 e. The molecule has 0 radical (unpaired) electrons. The van der Waals surface area contributed by atoms with Crippen LogP contribution in [-0.4, -0.2) is 11.6 Å². The van der Waals surface area contributed by atoms with Crippen LogP contribution >= 0.6 is 11.3 Å². The summed E-state index contributed by atoms with van der Waals surface area (Å²) in [5.41, 5.74) is 3.19. The van der Waals surface area contributed by atoms with Crippen molar-refractivity contribution < 1.29 is 14.0 Å². The molecule has 0 unspecified atom stereocenters. The van der Waals surface area contributed by atoms with Crippen molar-refractivity contribution in [2.75, 3.05) is 0 Å². The third-order valence-corrected chi connectivity index (χ3v) is 9.41. The quantitative estimate of drug-likeness (QED) is 0.0797. The Morgan fingerprint density at radius 2 is 1.07 bits per heavy atom. The highest BCUT2D eigenvalue weighted by molar-refractivity contribution is 7.26. The van der Waals surface area contributed by atoms with Crippen LogP contribution in [0.4, 0.5) is 0 Å². The summed E-state index contributed by atoms with van der Waals surface area (Å²) in [6.45, 7) is 4.49. The second-order valence-electron chi connectivity index (χ2n) is 11.6. The topological polar surface area (TPSA) is 47.3 Å². The molecule has 4 heteroatoms. The largest absolute Gasteiger partial charge is 0.454 e. The number of carbonyl (C=O) groups is 2. The molecule has 0 saturated carbocycles. The number of benzene rings is 2. The fraction of sp³-hybridized carbons (Fsp3) is 0.556. The minimum absolute atomic E-state index is 0.206. The van der Waals surface area contributed by atoms with E-state index in [2.05, 4.69) is 13.8 Å². The van der Waals surface area contributed by atoms with E-state index < -0.39 is 0 Å². The highest BCUT2D eigenvalue weighted by atomic mass is 32.1. The highest BCUT2D eigenvalue weighted by Crippen LogP contribution is 2.41. The van der Waals surface area contributed by atoms with Crippen molar-refractivity contribution in [1.82, 2.24) is 0 Å². The zero-order valence-corrected chi connectivity index (χ0v) is 25.6. The summed E-state index contributed by atoms with van der Waals surface area (Å²) in [6.07, 6.45) is 21.0. The molecule has 40 heavy (non-hydrogen) atoms. The number of rotatable bonds is 20. The number of hydrogen-bond donors (Lipinski definition) is 0. The molecule has 0 spiro atoms. The smallest absolute Gasteiger partial charge is 0.163 e. The van der Waals surface area contributed by atoms with Crippen LogP contribution in [0.1, 0.15) is 150 Å². The van der Waals surface area contributed by atoms with Gasteiger partial charge in [0.2, 0.25) is 0 Å². The van der Waals surface area contributed by atoms with Crippen molar-refractivity contribution in [2.45, 2.75) is 129 Å². The van der Waals surface area contributed by atoms with E-state index in [9.17, 15) is 9.59 Å². The minimum atomic E-state index is 0.206. The number of ketones is 2. The lowest BCUT2D eigenvalue weighted by Gasteiger charge is -2.03. The van der Waals surface area contributed by atoms with Gasteiger partial charge in [0.25, 0.3) is 0 Å². The van der Waals surface area contributed by atoms with Gasteiger partial charge in [0.15, 0.2) is 17.1 Å². The second-order valence-corrected chi connectivity index (χ2v) is 12.6. The maximum Gasteiger partial charge on any atom is 0.163 e. The van der Waals surface area contributed by atoms with Crippen LogP contribution in [0.15, 0.2) is 40.8 Å². The molecule has 0 bridgehead atoms. The number of thiophene rings is 1. The van der Waals surface area contributed by atoms with Gasteiger partial charge in [0.1, 0.15) is 5.58 Å². The average molecular weight is 561 g/mol. The Bertz CT molecular complexity index is 1270. The highest BCUT2D eigenvalue weighted by Gasteiger charge is 2.17. The van der Waals surface area contributed by atoms with Crippen molar-refractivity contribution in [3.05, 3.63) is 47.5 Å². The van der Waals surface area contributed by atoms with E-state index in [0.29, 0.717) is 12.8 Å². The van der Waals surface area contributed by atoms with Crippen LogP contribution in [-0.2, 0) is 0 Å². The molecule has 3 nitrogen and oxygen atoms in total. The molecule has 2 aromatic heterocycles. The zero-order chi connectivity index (χ0) is 28.2. The Labute approximate surface area is 244 Å². The third-order valence-electron chi connectivity index (χ3n) is 8.24. The van der Waals surface area contributed by atoms with Gasteiger partial charge >= 0.3 is 0 Å². The Morgan fingerprint density at radius 1 is 0.600 bits per heavy atom. The van der Waals surface area contributed by atoms with E-state index in [1.807, 2.05) is 36.4 Å². The zero-order valence-electron chi connectivity index (χ0n) is 24.8. The maximum absolute atomic E-state index is 12.8. The van der Waals surface area contributed by atoms with E-state index in [4.69, 9.17) is 4.42 Å². The van der Waals surface area contributed by atoms with Crippen molar-refractivity contribution in [1.29, 1.82) is 0 Å². The van der Waals surface area contributed by atoms with Gasteiger partial charge in [0.05, 0.1) is 4.70 Å². The summed E-state index contributed by atoms with van der Waals surface area (Å²) in [5, 5.41) is 2.10. The third kappa shape index (κ3) is 8.28. The summed E-state index contributed by atoms with van der Waals surface area (Å²) >= 11 is 1.68. The molecular weight excluding hydrogens is 512 g/mol. The van der Waals surface area contributed by atoms with Gasteiger partial charge in [-0.2, -0.15) is 0 Å². The second kappa shape index (κ2) is 16.1. The first kappa shape index (κ1) is 30.5. The lowest BCUT2D eigenvalue weighted by Crippen LogP contribution is -1.98.